The zero-order valence-corrected chi connectivity index (χ0v) is 14.1. The number of fused-ring (bicyclic) bond motifs is 1. The third-order valence-electron chi connectivity index (χ3n) is 5.14. The van der Waals surface area contributed by atoms with E-state index < -0.39 is 0 Å². The summed E-state index contributed by atoms with van der Waals surface area (Å²) in [6, 6.07) is 21.9. The van der Waals surface area contributed by atoms with Crippen molar-refractivity contribution < 1.29 is 0 Å². The van der Waals surface area contributed by atoms with Gasteiger partial charge < -0.3 is 9.80 Å². The molecule has 0 radical (unpaired) electrons. The first-order valence-electron chi connectivity index (χ1n) is 8.69. The van der Waals surface area contributed by atoms with Crippen molar-refractivity contribution in [3.63, 3.8) is 0 Å². The van der Waals surface area contributed by atoms with Gasteiger partial charge in [-0.25, -0.2) is 0 Å². The number of benzene rings is 2. The molecule has 0 unspecified atom stereocenters. The second-order valence-electron chi connectivity index (χ2n) is 6.51. The van der Waals surface area contributed by atoms with E-state index in [4.69, 9.17) is 0 Å². The van der Waals surface area contributed by atoms with Gasteiger partial charge in [0.05, 0.1) is 5.52 Å². The van der Waals surface area contributed by atoms with E-state index in [1.807, 2.05) is 6.20 Å². The van der Waals surface area contributed by atoms with Gasteiger partial charge in [0.25, 0.3) is 0 Å². The third kappa shape index (κ3) is 2.82. The van der Waals surface area contributed by atoms with Crippen LogP contribution in [0.25, 0.3) is 10.9 Å². The predicted molar refractivity (Wildman–Crippen MR) is 102 cm³/mol. The van der Waals surface area contributed by atoms with Gasteiger partial charge in [-0.3, -0.25) is 4.98 Å². The highest BCUT2D eigenvalue weighted by molar-refractivity contribution is 5.91. The van der Waals surface area contributed by atoms with Crippen LogP contribution in [0, 0.1) is 0 Å². The summed E-state index contributed by atoms with van der Waals surface area (Å²) in [5, 5.41) is 1.26. The number of rotatable bonds is 3. The van der Waals surface area contributed by atoms with E-state index in [1.54, 1.807) is 0 Å². The molecule has 0 N–H and O–H groups in total. The first kappa shape index (κ1) is 15.0. The van der Waals surface area contributed by atoms with Crippen molar-refractivity contribution in [3.8, 4) is 0 Å². The van der Waals surface area contributed by atoms with E-state index in [2.05, 4.69) is 82.5 Å². The molecule has 1 aliphatic rings. The summed E-state index contributed by atoms with van der Waals surface area (Å²) in [5.74, 6) is 0. The topological polar surface area (TPSA) is 19.4 Å². The Balaban J connectivity index is 1.50. The molecule has 0 amide bonds. The van der Waals surface area contributed by atoms with Gasteiger partial charge in [0, 0.05) is 49.1 Å². The second kappa shape index (κ2) is 6.52. The minimum atomic E-state index is 0.608. The normalized spacial score (nSPS) is 15.6. The van der Waals surface area contributed by atoms with E-state index in [0.29, 0.717) is 6.04 Å². The Hall–Kier alpha value is -2.55. The van der Waals surface area contributed by atoms with Crippen LogP contribution in [0.1, 0.15) is 12.8 Å². The number of hydrogen-bond acceptors (Lipinski definition) is 3. The Morgan fingerprint density at radius 1 is 0.917 bits per heavy atom. The van der Waals surface area contributed by atoms with Crippen molar-refractivity contribution >= 4 is 22.3 Å². The summed E-state index contributed by atoms with van der Waals surface area (Å²) < 4.78 is 0. The molecule has 0 saturated carbocycles. The summed E-state index contributed by atoms with van der Waals surface area (Å²) >= 11 is 0. The predicted octanol–water partition coefficient (Wildman–Crippen LogP) is 4.34. The molecule has 4 rings (SSSR count). The fraction of sp³-hybridized carbons (Fsp3) is 0.286. The van der Waals surface area contributed by atoms with Gasteiger partial charge in [-0.1, -0.05) is 36.4 Å². The molecule has 0 atom stereocenters. The van der Waals surface area contributed by atoms with Crippen LogP contribution in [-0.2, 0) is 0 Å². The number of pyridine rings is 1. The fourth-order valence-electron chi connectivity index (χ4n) is 3.72. The molecule has 2 heterocycles. The summed E-state index contributed by atoms with van der Waals surface area (Å²) in [6.45, 7) is 2.19. The maximum atomic E-state index is 4.48. The molecular weight excluding hydrogens is 294 g/mol. The number of piperidine rings is 1. The van der Waals surface area contributed by atoms with Crippen molar-refractivity contribution in [1.29, 1.82) is 0 Å². The molecule has 1 saturated heterocycles. The summed E-state index contributed by atoms with van der Waals surface area (Å²) in [4.78, 5) is 9.43. The first-order valence-corrected chi connectivity index (χ1v) is 8.69. The molecule has 0 bridgehead atoms. The van der Waals surface area contributed by atoms with E-state index in [0.717, 1.165) is 18.6 Å². The molecule has 24 heavy (non-hydrogen) atoms. The molecule has 3 nitrogen and oxygen atoms in total. The fourth-order valence-corrected chi connectivity index (χ4v) is 3.72. The lowest BCUT2D eigenvalue weighted by Gasteiger charge is -2.39. The van der Waals surface area contributed by atoms with Gasteiger partial charge in [-0.15, -0.1) is 0 Å². The molecule has 3 aromatic rings. The van der Waals surface area contributed by atoms with Crippen molar-refractivity contribution in [2.45, 2.75) is 18.9 Å². The van der Waals surface area contributed by atoms with E-state index in [9.17, 15) is 0 Å². The average molecular weight is 317 g/mol. The lowest BCUT2D eigenvalue weighted by Crippen LogP contribution is -2.43. The molecule has 1 aromatic heterocycles. The molecular formula is C21H23N3. The maximum absolute atomic E-state index is 4.48. The molecule has 122 valence electrons. The smallest absolute Gasteiger partial charge is 0.0722 e. The van der Waals surface area contributed by atoms with Crippen LogP contribution in [-0.4, -0.2) is 31.2 Å². The number of anilines is 2. The average Bonchev–Trinajstić information content (AvgIpc) is 2.68. The number of para-hydroxylation sites is 2. The molecule has 0 aliphatic carbocycles. The molecule has 3 heteroatoms. The van der Waals surface area contributed by atoms with E-state index >= 15 is 0 Å². The number of aromatic nitrogens is 1. The quantitative estimate of drug-likeness (QED) is 0.716. The zero-order valence-electron chi connectivity index (χ0n) is 14.1. The maximum Gasteiger partial charge on any atom is 0.0722 e. The van der Waals surface area contributed by atoms with Crippen LogP contribution < -0.4 is 9.80 Å². The first-order chi connectivity index (χ1) is 11.8. The van der Waals surface area contributed by atoms with Gasteiger partial charge >= 0.3 is 0 Å². The van der Waals surface area contributed by atoms with Gasteiger partial charge in [-0.2, -0.15) is 0 Å². The lowest BCUT2D eigenvalue weighted by molar-refractivity contribution is 0.483. The highest BCUT2D eigenvalue weighted by Gasteiger charge is 2.23. The van der Waals surface area contributed by atoms with Crippen molar-refractivity contribution in [1.82, 2.24) is 4.98 Å². The van der Waals surface area contributed by atoms with Crippen LogP contribution in [0.15, 0.2) is 66.9 Å². The van der Waals surface area contributed by atoms with Crippen LogP contribution in [0.3, 0.4) is 0 Å². The van der Waals surface area contributed by atoms with Gasteiger partial charge in [0.2, 0.25) is 0 Å². The standard InChI is InChI=1S/C21H23N3/c1-23(17-7-3-2-4-8-17)18-12-15-24(16-13-18)21-11-14-22-20-10-6-5-9-19(20)21/h2-11,14,18H,12-13,15-16H2,1H3. The Bertz CT molecular complexity index is 802. The molecule has 0 spiro atoms. The second-order valence-corrected chi connectivity index (χ2v) is 6.51. The minimum absolute atomic E-state index is 0.608. The SMILES string of the molecule is CN(c1ccccc1)C1CCN(c2ccnc3ccccc23)CC1. The van der Waals surface area contributed by atoms with Crippen molar-refractivity contribution in [2.75, 3.05) is 29.9 Å². The monoisotopic (exact) mass is 317 g/mol. The van der Waals surface area contributed by atoms with Gasteiger partial charge in [-0.05, 0) is 37.1 Å². The Labute approximate surface area is 143 Å². The van der Waals surface area contributed by atoms with Crippen LogP contribution in [0.4, 0.5) is 11.4 Å². The van der Waals surface area contributed by atoms with Crippen LogP contribution >= 0.6 is 0 Å². The van der Waals surface area contributed by atoms with Gasteiger partial charge in [0.1, 0.15) is 0 Å². The van der Waals surface area contributed by atoms with E-state index in [-0.39, 0.29) is 0 Å². The van der Waals surface area contributed by atoms with Crippen molar-refractivity contribution in [3.05, 3.63) is 66.9 Å². The Kier molecular flexibility index (Phi) is 4.08. The summed E-state index contributed by atoms with van der Waals surface area (Å²) in [5.41, 5.74) is 3.71. The Morgan fingerprint density at radius 2 is 1.62 bits per heavy atom. The van der Waals surface area contributed by atoms with Gasteiger partial charge in [0.15, 0.2) is 0 Å². The number of hydrogen-bond donors (Lipinski definition) is 0. The highest BCUT2D eigenvalue weighted by atomic mass is 15.2. The summed E-state index contributed by atoms with van der Waals surface area (Å²) in [7, 11) is 2.22. The van der Waals surface area contributed by atoms with Crippen LogP contribution in [0.5, 0.6) is 0 Å². The summed E-state index contributed by atoms with van der Waals surface area (Å²) in [6.07, 6.45) is 4.30. The van der Waals surface area contributed by atoms with Crippen molar-refractivity contribution in [2.24, 2.45) is 0 Å². The Morgan fingerprint density at radius 3 is 2.42 bits per heavy atom. The molecule has 1 fully saturated rings. The number of nitrogens with zero attached hydrogens (tertiary/aromatic N) is 3. The zero-order chi connectivity index (χ0) is 16.4. The molecule has 2 aromatic carbocycles. The third-order valence-corrected chi connectivity index (χ3v) is 5.14. The lowest BCUT2D eigenvalue weighted by atomic mass is 10.0. The highest BCUT2D eigenvalue weighted by Crippen LogP contribution is 2.29. The van der Waals surface area contributed by atoms with Crippen LogP contribution in [0.2, 0.25) is 0 Å². The molecule has 1 aliphatic heterocycles. The van der Waals surface area contributed by atoms with E-state index in [1.165, 1.54) is 29.6 Å². The largest absolute Gasteiger partial charge is 0.371 e. The minimum Gasteiger partial charge on any atom is -0.371 e.